The molecule has 0 aliphatic carbocycles. The monoisotopic (exact) mass is 218 g/mol. The Morgan fingerprint density at radius 2 is 1.93 bits per heavy atom. The van der Waals surface area contributed by atoms with Gasteiger partial charge >= 0.3 is 5.97 Å². The number of carbonyl (C=O) groups excluding carboxylic acids is 1. The predicted octanol–water partition coefficient (Wildman–Crippen LogP) is 2.81. The van der Waals surface area contributed by atoms with Gasteiger partial charge in [-0.25, -0.2) is 4.89 Å². The molecule has 0 rings (SSSR count). The maximum absolute atomic E-state index is 11.2. The van der Waals surface area contributed by atoms with Crippen LogP contribution in [0.1, 0.15) is 53.9 Å². The van der Waals surface area contributed by atoms with Gasteiger partial charge in [0.15, 0.2) is 0 Å². The maximum atomic E-state index is 11.2. The zero-order valence-electron chi connectivity index (χ0n) is 10.3. The van der Waals surface area contributed by atoms with Crippen molar-refractivity contribution < 1.29 is 19.3 Å². The van der Waals surface area contributed by atoms with E-state index in [1.165, 1.54) is 0 Å². The van der Waals surface area contributed by atoms with Gasteiger partial charge in [0, 0.05) is 13.3 Å². The molecule has 0 aromatic rings. The third-order valence-electron chi connectivity index (χ3n) is 1.47. The summed E-state index contributed by atoms with van der Waals surface area (Å²) in [6.45, 7) is 9.24. The van der Waals surface area contributed by atoms with Gasteiger partial charge in [0.2, 0.25) is 6.29 Å². The van der Waals surface area contributed by atoms with Crippen LogP contribution < -0.4 is 0 Å². The second-order valence-corrected chi connectivity index (χ2v) is 4.45. The van der Waals surface area contributed by atoms with Crippen LogP contribution in [0.5, 0.6) is 0 Å². The van der Waals surface area contributed by atoms with Crippen LogP contribution in [0.4, 0.5) is 0 Å². The van der Waals surface area contributed by atoms with Gasteiger partial charge in [-0.05, 0) is 27.2 Å². The fourth-order valence-corrected chi connectivity index (χ4v) is 0.797. The molecule has 0 aliphatic heterocycles. The molecule has 0 spiro atoms. The van der Waals surface area contributed by atoms with E-state index in [9.17, 15) is 4.79 Å². The van der Waals surface area contributed by atoms with Gasteiger partial charge in [-0.2, -0.15) is 4.89 Å². The number of carbonyl (C=O) groups is 1. The normalized spacial score (nSPS) is 13.7. The Labute approximate surface area is 91.8 Å². The van der Waals surface area contributed by atoms with Crippen LogP contribution in [0.2, 0.25) is 0 Å². The number of hydrogen-bond donors (Lipinski definition) is 0. The van der Waals surface area contributed by atoms with E-state index in [1.807, 2.05) is 27.7 Å². The SMILES string of the molecule is CCCCC(=O)OC(C)OOC(C)(C)C. The summed E-state index contributed by atoms with van der Waals surface area (Å²) in [6, 6.07) is 0. The summed E-state index contributed by atoms with van der Waals surface area (Å²) in [5.74, 6) is -0.248. The van der Waals surface area contributed by atoms with Crippen molar-refractivity contribution in [3.05, 3.63) is 0 Å². The van der Waals surface area contributed by atoms with Crippen molar-refractivity contribution >= 4 is 5.97 Å². The lowest BCUT2D eigenvalue weighted by atomic mass is 10.2. The lowest BCUT2D eigenvalue weighted by molar-refractivity contribution is -0.405. The van der Waals surface area contributed by atoms with Crippen molar-refractivity contribution in [3.63, 3.8) is 0 Å². The molecule has 0 aliphatic rings. The molecule has 0 bridgehead atoms. The average molecular weight is 218 g/mol. The van der Waals surface area contributed by atoms with E-state index in [0.29, 0.717) is 6.42 Å². The molecule has 0 amide bonds. The second-order valence-electron chi connectivity index (χ2n) is 4.45. The van der Waals surface area contributed by atoms with Gasteiger partial charge in [0.25, 0.3) is 0 Å². The number of esters is 1. The Morgan fingerprint density at radius 1 is 1.33 bits per heavy atom. The molecule has 0 aromatic carbocycles. The second kappa shape index (κ2) is 6.80. The third-order valence-corrected chi connectivity index (χ3v) is 1.47. The number of rotatable bonds is 6. The summed E-state index contributed by atoms with van der Waals surface area (Å²) < 4.78 is 4.96. The Balaban J connectivity index is 3.64. The van der Waals surface area contributed by atoms with Crippen molar-refractivity contribution in [1.82, 2.24) is 0 Å². The van der Waals surface area contributed by atoms with Gasteiger partial charge in [0.1, 0.15) is 0 Å². The highest BCUT2D eigenvalue weighted by Crippen LogP contribution is 2.10. The maximum Gasteiger partial charge on any atom is 0.308 e. The fourth-order valence-electron chi connectivity index (χ4n) is 0.797. The highest BCUT2D eigenvalue weighted by atomic mass is 17.2. The average Bonchev–Trinajstić information content (AvgIpc) is 2.10. The molecule has 15 heavy (non-hydrogen) atoms. The van der Waals surface area contributed by atoms with Crippen LogP contribution >= 0.6 is 0 Å². The van der Waals surface area contributed by atoms with Gasteiger partial charge in [-0.15, -0.1) is 0 Å². The van der Waals surface area contributed by atoms with Crippen molar-refractivity contribution in [2.24, 2.45) is 0 Å². The lowest BCUT2D eigenvalue weighted by Gasteiger charge is -2.20. The van der Waals surface area contributed by atoms with Crippen LogP contribution in [-0.2, 0) is 19.3 Å². The first-order valence-corrected chi connectivity index (χ1v) is 5.39. The molecular weight excluding hydrogens is 196 g/mol. The van der Waals surface area contributed by atoms with Gasteiger partial charge in [-0.1, -0.05) is 13.3 Å². The molecule has 1 unspecified atom stereocenters. The van der Waals surface area contributed by atoms with Crippen molar-refractivity contribution in [1.29, 1.82) is 0 Å². The van der Waals surface area contributed by atoms with Gasteiger partial charge in [-0.3, -0.25) is 4.79 Å². The summed E-state index contributed by atoms with van der Waals surface area (Å²) in [5, 5.41) is 0. The summed E-state index contributed by atoms with van der Waals surface area (Å²) in [7, 11) is 0. The van der Waals surface area contributed by atoms with E-state index in [2.05, 4.69) is 0 Å². The summed E-state index contributed by atoms with van der Waals surface area (Å²) >= 11 is 0. The Bertz CT molecular complexity index is 184. The van der Waals surface area contributed by atoms with Crippen LogP contribution in [0.15, 0.2) is 0 Å². The first-order chi connectivity index (χ1) is 6.85. The van der Waals surface area contributed by atoms with Gasteiger partial charge < -0.3 is 4.74 Å². The Hall–Kier alpha value is -0.610. The predicted molar refractivity (Wildman–Crippen MR) is 57.0 cm³/mol. The number of unbranched alkanes of at least 4 members (excludes halogenated alkanes) is 1. The summed E-state index contributed by atoms with van der Waals surface area (Å²) in [4.78, 5) is 21.1. The van der Waals surface area contributed by atoms with Crippen LogP contribution in [-0.4, -0.2) is 17.9 Å². The van der Waals surface area contributed by atoms with Crippen molar-refractivity contribution in [2.75, 3.05) is 0 Å². The molecular formula is C11H22O4. The molecule has 90 valence electrons. The lowest BCUT2D eigenvalue weighted by Crippen LogP contribution is -2.25. The Morgan fingerprint density at radius 3 is 2.40 bits per heavy atom. The molecule has 1 atom stereocenters. The molecule has 0 saturated carbocycles. The molecule has 0 aromatic heterocycles. The zero-order chi connectivity index (χ0) is 11.9. The minimum atomic E-state index is -0.659. The largest absolute Gasteiger partial charge is 0.433 e. The van der Waals surface area contributed by atoms with Crippen molar-refractivity contribution in [3.8, 4) is 0 Å². The standard InChI is InChI=1S/C11H22O4/c1-6-7-8-10(12)13-9(2)14-15-11(3,4)5/h9H,6-8H2,1-5H3. The van der Waals surface area contributed by atoms with E-state index in [1.54, 1.807) is 6.92 Å². The highest BCUT2D eigenvalue weighted by Gasteiger charge is 2.16. The number of hydrogen-bond acceptors (Lipinski definition) is 4. The molecule has 0 fully saturated rings. The quantitative estimate of drug-likeness (QED) is 0.297. The van der Waals surface area contributed by atoms with E-state index < -0.39 is 11.9 Å². The first-order valence-electron chi connectivity index (χ1n) is 5.39. The first kappa shape index (κ1) is 14.4. The van der Waals surface area contributed by atoms with E-state index in [4.69, 9.17) is 14.5 Å². The molecule has 0 saturated heterocycles. The smallest absolute Gasteiger partial charge is 0.308 e. The van der Waals surface area contributed by atoms with E-state index in [-0.39, 0.29) is 5.97 Å². The summed E-state index contributed by atoms with van der Waals surface area (Å²) in [5.41, 5.74) is -0.399. The zero-order valence-corrected chi connectivity index (χ0v) is 10.3. The highest BCUT2D eigenvalue weighted by molar-refractivity contribution is 5.69. The molecule has 0 heterocycles. The molecule has 0 radical (unpaired) electrons. The number of ether oxygens (including phenoxy) is 1. The van der Waals surface area contributed by atoms with Crippen LogP contribution in [0.25, 0.3) is 0 Å². The molecule has 4 nitrogen and oxygen atoms in total. The van der Waals surface area contributed by atoms with Gasteiger partial charge in [0.05, 0.1) is 5.60 Å². The summed E-state index contributed by atoms with van der Waals surface area (Å²) in [6.07, 6.45) is 1.59. The third kappa shape index (κ3) is 9.69. The van der Waals surface area contributed by atoms with E-state index in [0.717, 1.165) is 12.8 Å². The van der Waals surface area contributed by atoms with Crippen molar-refractivity contribution in [2.45, 2.75) is 65.8 Å². The van der Waals surface area contributed by atoms with Crippen LogP contribution in [0, 0.1) is 0 Å². The van der Waals surface area contributed by atoms with E-state index >= 15 is 0 Å². The molecule has 4 heteroatoms. The topological polar surface area (TPSA) is 44.8 Å². The van der Waals surface area contributed by atoms with Crippen LogP contribution in [0.3, 0.4) is 0 Å². The molecule has 0 N–H and O–H groups in total. The minimum absolute atomic E-state index is 0.248. The fraction of sp³-hybridized carbons (Fsp3) is 0.909. The minimum Gasteiger partial charge on any atom is -0.433 e. The Kier molecular flexibility index (Phi) is 6.52.